The van der Waals surface area contributed by atoms with E-state index in [9.17, 15) is 18.0 Å². The van der Waals surface area contributed by atoms with Crippen molar-refractivity contribution in [2.24, 2.45) is 0 Å². The Morgan fingerprint density at radius 2 is 1.85 bits per heavy atom. The number of rotatable bonds is 7. The number of methoxy groups -OCH3 is 1. The smallest absolute Gasteiger partial charge is 0.246 e. The van der Waals surface area contributed by atoms with Gasteiger partial charge in [-0.25, -0.2) is 13.2 Å². The minimum Gasteiger partial charge on any atom is -0.493 e. The first-order valence-electron chi connectivity index (χ1n) is 7.89. The highest BCUT2D eigenvalue weighted by Crippen LogP contribution is 2.30. The zero-order valence-electron chi connectivity index (χ0n) is 14.5. The van der Waals surface area contributed by atoms with Crippen LogP contribution in [0.25, 0.3) is 0 Å². The maximum atomic E-state index is 13.6. The largest absolute Gasteiger partial charge is 0.493 e. The Bertz CT molecular complexity index is 799. The number of amides is 1. The van der Waals surface area contributed by atoms with Gasteiger partial charge in [0.25, 0.3) is 0 Å². The standard InChI is InChI=1S/C18H19F3N2O3/c1-4-26-14-8-5-11(9-15(14)25-3)22-10(2)18(24)23-13-7-6-12(19)16(20)17(13)21/h5-10,22H,4H2,1-3H3,(H,23,24)/t10-/m1/s1. The van der Waals surface area contributed by atoms with Crippen LogP contribution >= 0.6 is 0 Å². The average molecular weight is 368 g/mol. The number of halogens is 3. The molecule has 0 bridgehead atoms. The third-order valence-corrected chi connectivity index (χ3v) is 3.53. The molecule has 1 atom stereocenters. The van der Waals surface area contributed by atoms with E-state index in [1.807, 2.05) is 6.92 Å². The fourth-order valence-electron chi connectivity index (χ4n) is 2.21. The second kappa shape index (κ2) is 8.46. The van der Waals surface area contributed by atoms with Crippen LogP contribution in [0, 0.1) is 17.5 Å². The van der Waals surface area contributed by atoms with E-state index in [1.54, 1.807) is 18.2 Å². The molecule has 0 saturated heterocycles. The van der Waals surface area contributed by atoms with Crippen LogP contribution < -0.4 is 20.1 Å². The summed E-state index contributed by atoms with van der Waals surface area (Å²) in [6, 6.07) is 5.93. The van der Waals surface area contributed by atoms with E-state index in [0.29, 0.717) is 23.8 Å². The van der Waals surface area contributed by atoms with E-state index in [1.165, 1.54) is 14.0 Å². The van der Waals surface area contributed by atoms with Crippen LogP contribution in [0.5, 0.6) is 11.5 Å². The second-order valence-corrected chi connectivity index (χ2v) is 5.38. The molecule has 0 aromatic heterocycles. The van der Waals surface area contributed by atoms with Gasteiger partial charge < -0.3 is 20.1 Å². The quantitative estimate of drug-likeness (QED) is 0.727. The summed E-state index contributed by atoms with van der Waals surface area (Å²) in [6.07, 6.45) is 0. The van der Waals surface area contributed by atoms with E-state index in [0.717, 1.165) is 12.1 Å². The third-order valence-electron chi connectivity index (χ3n) is 3.53. The van der Waals surface area contributed by atoms with Gasteiger partial charge >= 0.3 is 0 Å². The third kappa shape index (κ3) is 4.38. The highest BCUT2D eigenvalue weighted by molar-refractivity contribution is 5.96. The molecule has 2 rings (SSSR count). The lowest BCUT2D eigenvalue weighted by molar-refractivity contribution is -0.116. The predicted molar refractivity (Wildman–Crippen MR) is 92.2 cm³/mol. The van der Waals surface area contributed by atoms with Crippen LogP contribution in [0.4, 0.5) is 24.5 Å². The van der Waals surface area contributed by atoms with E-state index in [2.05, 4.69) is 10.6 Å². The minimum atomic E-state index is -1.64. The Kier molecular flexibility index (Phi) is 6.32. The molecule has 0 spiro atoms. The topological polar surface area (TPSA) is 59.6 Å². The Hall–Kier alpha value is -2.90. The van der Waals surface area contributed by atoms with Crippen molar-refractivity contribution in [3.8, 4) is 11.5 Å². The molecular formula is C18H19F3N2O3. The molecule has 0 fully saturated rings. The molecule has 0 aliphatic carbocycles. The van der Waals surface area contributed by atoms with E-state index in [4.69, 9.17) is 9.47 Å². The highest BCUT2D eigenvalue weighted by atomic mass is 19.2. The first-order valence-corrected chi connectivity index (χ1v) is 7.89. The summed E-state index contributed by atoms with van der Waals surface area (Å²) < 4.78 is 50.5. The fourth-order valence-corrected chi connectivity index (χ4v) is 2.21. The van der Waals surface area contributed by atoms with Gasteiger partial charge in [-0.05, 0) is 38.1 Å². The van der Waals surface area contributed by atoms with Crippen LogP contribution in [0.15, 0.2) is 30.3 Å². The molecule has 5 nitrogen and oxygen atoms in total. The molecule has 1 amide bonds. The lowest BCUT2D eigenvalue weighted by Crippen LogP contribution is -2.32. The molecule has 0 radical (unpaired) electrons. The molecule has 2 aromatic carbocycles. The van der Waals surface area contributed by atoms with Crippen molar-refractivity contribution < 1.29 is 27.4 Å². The summed E-state index contributed by atoms with van der Waals surface area (Å²) in [7, 11) is 1.49. The Labute approximate surface area is 149 Å². The van der Waals surface area contributed by atoms with Crippen LogP contribution in [0.2, 0.25) is 0 Å². The van der Waals surface area contributed by atoms with Crippen LogP contribution in [-0.4, -0.2) is 25.7 Å². The second-order valence-electron chi connectivity index (χ2n) is 5.38. The monoisotopic (exact) mass is 368 g/mol. The van der Waals surface area contributed by atoms with Crippen LogP contribution in [0.1, 0.15) is 13.8 Å². The average Bonchev–Trinajstić information content (AvgIpc) is 2.63. The normalized spacial score (nSPS) is 11.6. The van der Waals surface area contributed by atoms with Crippen LogP contribution in [0.3, 0.4) is 0 Å². The van der Waals surface area contributed by atoms with Gasteiger partial charge in [0.05, 0.1) is 19.4 Å². The number of anilines is 2. The number of nitrogens with one attached hydrogen (secondary N) is 2. The number of hydrogen-bond donors (Lipinski definition) is 2. The maximum Gasteiger partial charge on any atom is 0.246 e. The summed E-state index contributed by atoms with van der Waals surface area (Å²) in [4.78, 5) is 12.2. The molecular weight excluding hydrogens is 349 g/mol. The molecule has 0 heterocycles. The van der Waals surface area contributed by atoms with Gasteiger partial charge in [-0.3, -0.25) is 4.79 Å². The Morgan fingerprint density at radius 1 is 1.12 bits per heavy atom. The fraction of sp³-hybridized carbons (Fsp3) is 0.278. The first kappa shape index (κ1) is 19.4. The zero-order valence-corrected chi connectivity index (χ0v) is 14.5. The molecule has 0 aliphatic rings. The van der Waals surface area contributed by atoms with Crippen molar-refractivity contribution >= 4 is 17.3 Å². The summed E-state index contributed by atoms with van der Waals surface area (Å²) in [6.45, 7) is 3.85. The molecule has 0 unspecified atom stereocenters. The lowest BCUT2D eigenvalue weighted by Gasteiger charge is -2.17. The van der Waals surface area contributed by atoms with Crippen molar-refractivity contribution in [3.63, 3.8) is 0 Å². The summed E-state index contributed by atoms with van der Waals surface area (Å²) in [5, 5.41) is 5.13. The molecule has 0 aliphatic heterocycles. The van der Waals surface area contributed by atoms with Gasteiger partial charge in [-0.2, -0.15) is 0 Å². The molecule has 140 valence electrons. The number of carbonyl (C=O) groups excluding carboxylic acids is 1. The van der Waals surface area contributed by atoms with Crippen molar-refractivity contribution in [1.82, 2.24) is 0 Å². The predicted octanol–water partition coefficient (Wildman–Crippen LogP) is 3.95. The minimum absolute atomic E-state index is 0.438. The molecule has 2 N–H and O–H groups in total. The zero-order chi connectivity index (χ0) is 19.3. The molecule has 8 heteroatoms. The number of ether oxygens (including phenoxy) is 2. The van der Waals surface area contributed by atoms with Gasteiger partial charge in [-0.1, -0.05) is 0 Å². The van der Waals surface area contributed by atoms with E-state index in [-0.39, 0.29) is 0 Å². The number of benzene rings is 2. The van der Waals surface area contributed by atoms with Gasteiger partial charge in [0.15, 0.2) is 29.0 Å². The highest BCUT2D eigenvalue weighted by Gasteiger charge is 2.19. The van der Waals surface area contributed by atoms with Crippen LogP contribution in [-0.2, 0) is 4.79 Å². The van der Waals surface area contributed by atoms with Gasteiger partial charge in [-0.15, -0.1) is 0 Å². The molecule has 2 aromatic rings. The first-order chi connectivity index (χ1) is 12.4. The van der Waals surface area contributed by atoms with Gasteiger partial charge in [0, 0.05) is 11.8 Å². The van der Waals surface area contributed by atoms with Gasteiger partial charge in [0.2, 0.25) is 5.91 Å². The van der Waals surface area contributed by atoms with Crippen molar-refractivity contribution in [3.05, 3.63) is 47.8 Å². The van der Waals surface area contributed by atoms with Gasteiger partial charge in [0.1, 0.15) is 6.04 Å². The Balaban J connectivity index is 2.08. The van der Waals surface area contributed by atoms with Crippen molar-refractivity contribution in [1.29, 1.82) is 0 Å². The van der Waals surface area contributed by atoms with E-state index < -0.39 is 35.1 Å². The number of hydrogen-bond acceptors (Lipinski definition) is 4. The molecule has 26 heavy (non-hydrogen) atoms. The SMILES string of the molecule is CCOc1ccc(N[C@H](C)C(=O)Nc2ccc(F)c(F)c2F)cc1OC. The Morgan fingerprint density at radius 3 is 2.50 bits per heavy atom. The lowest BCUT2D eigenvalue weighted by atomic mass is 10.2. The van der Waals surface area contributed by atoms with Crippen molar-refractivity contribution in [2.75, 3.05) is 24.4 Å². The summed E-state index contributed by atoms with van der Waals surface area (Å²) in [5.74, 6) is -4.00. The number of carbonyl (C=O) groups is 1. The summed E-state index contributed by atoms with van der Waals surface area (Å²) in [5.41, 5.74) is 0.130. The van der Waals surface area contributed by atoms with E-state index >= 15 is 0 Å². The molecule has 0 saturated carbocycles. The maximum absolute atomic E-state index is 13.6. The summed E-state index contributed by atoms with van der Waals surface area (Å²) >= 11 is 0. The van der Waals surface area contributed by atoms with Crippen molar-refractivity contribution in [2.45, 2.75) is 19.9 Å².